The zero-order chi connectivity index (χ0) is 21.8. The molecule has 4 bridgehead atoms. The summed E-state index contributed by atoms with van der Waals surface area (Å²) < 4.78 is 27.1. The van der Waals surface area contributed by atoms with Gasteiger partial charge in [0.15, 0.2) is 0 Å². The molecule has 5 aliphatic rings. The molecule has 5 fully saturated rings. The molecule has 0 spiro atoms. The van der Waals surface area contributed by atoms with E-state index in [0.29, 0.717) is 25.9 Å². The molecular formula is C25H32F2N2O2. The summed E-state index contributed by atoms with van der Waals surface area (Å²) in [6.45, 7) is 3.03. The monoisotopic (exact) mass is 430 g/mol. The Morgan fingerprint density at radius 3 is 2.16 bits per heavy atom. The maximum Gasteiger partial charge on any atom is 0.256 e. The van der Waals surface area contributed by atoms with E-state index in [1.807, 2.05) is 0 Å². The topological polar surface area (TPSA) is 49.4 Å². The first-order valence-electron chi connectivity index (χ1n) is 11.9. The third-order valence-corrected chi connectivity index (χ3v) is 8.68. The van der Waals surface area contributed by atoms with Crippen molar-refractivity contribution in [2.45, 2.75) is 64.3 Å². The minimum Gasteiger partial charge on any atom is -0.353 e. The van der Waals surface area contributed by atoms with Crippen LogP contribution in [-0.4, -0.2) is 35.8 Å². The molecule has 1 saturated heterocycles. The number of benzene rings is 1. The van der Waals surface area contributed by atoms with E-state index in [1.54, 1.807) is 4.90 Å². The van der Waals surface area contributed by atoms with Crippen LogP contribution in [0.2, 0.25) is 0 Å². The lowest BCUT2D eigenvalue weighted by atomic mass is 9.48. The lowest BCUT2D eigenvalue weighted by molar-refractivity contribution is -0.131. The predicted molar refractivity (Wildman–Crippen MR) is 113 cm³/mol. The van der Waals surface area contributed by atoms with Crippen molar-refractivity contribution in [3.63, 3.8) is 0 Å². The molecule has 31 heavy (non-hydrogen) atoms. The number of hydrogen-bond donors (Lipinski definition) is 1. The average Bonchev–Trinajstić information content (AvgIpc) is 2.72. The first kappa shape index (κ1) is 20.9. The number of carbonyl (C=O) groups excluding carboxylic acids is 2. The standard InChI is InChI=1S/C25H32F2N2O2/c1-15(25-12-16-8-17(13-25)10-18(9-16)14-25)28-23(30)19-4-6-29(7-5-19)24(31)21-3-2-20(26)11-22(21)27/h2-3,11,15-19H,4-10,12-14H2,1H3,(H,28,30)/t15-,16?,17?,18?,25?/m1/s1. The Morgan fingerprint density at radius 1 is 1.03 bits per heavy atom. The summed E-state index contributed by atoms with van der Waals surface area (Å²) in [6, 6.07) is 3.22. The highest BCUT2D eigenvalue weighted by Crippen LogP contribution is 2.61. The van der Waals surface area contributed by atoms with Gasteiger partial charge in [0, 0.05) is 31.1 Å². The van der Waals surface area contributed by atoms with E-state index in [2.05, 4.69) is 12.2 Å². The Kier molecular flexibility index (Phi) is 5.30. The van der Waals surface area contributed by atoms with E-state index in [-0.39, 0.29) is 28.8 Å². The highest BCUT2D eigenvalue weighted by Gasteiger charge is 2.53. The largest absolute Gasteiger partial charge is 0.353 e. The molecule has 0 radical (unpaired) electrons. The number of rotatable bonds is 4. The van der Waals surface area contributed by atoms with Crippen molar-refractivity contribution in [2.24, 2.45) is 29.1 Å². The molecule has 1 aliphatic heterocycles. The van der Waals surface area contributed by atoms with E-state index in [9.17, 15) is 18.4 Å². The predicted octanol–water partition coefficient (Wildman–Crippen LogP) is 4.54. The zero-order valence-corrected chi connectivity index (χ0v) is 18.2. The van der Waals surface area contributed by atoms with Crippen LogP contribution in [-0.2, 0) is 4.79 Å². The number of carbonyl (C=O) groups is 2. The number of halogens is 2. The van der Waals surface area contributed by atoms with Crippen LogP contribution >= 0.6 is 0 Å². The second kappa shape index (κ2) is 7.86. The summed E-state index contributed by atoms with van der Waals surface area (Å²) in [5.74, 6) is 0.581. The lowest BCUT2D eigenvalue weighted by Gasteiger charge is -2.59. The molecule has 1 heterocycles. The first-order chi connectivity index (χ1) is 14.8. The van der Waals surface area contributed by atoms with Gasteiger partial charge in [0.05, 0.1) is 5.56 Å². The summed E-state index contributed by atoms with van der Waals surface area (Å²) in [5, 5.41) is 3.35. The number of likely N-dealkylation sites (tertiary alicyclic amines) is 1. The quantitative estimate of drug-likeness (QED) is 0.763. The van der Waals surface area contributed by atoms with Crippen molar-refractivity contribution in [2.75, 3.05) is 13.1 Å². The van der Waals surface area contributed by atoms with Gasteiger partial charge in [0.1, 0.15) is 11.6 Å². The lowest BCUT2D eigenvalue weighted by Crippen LogP contribution is -2.57. The fraction of sp³-hybridized carbons (Fsp3) is 0.680. The number of piperidine rings is 1. The van der Waals surface area contributed by atoms with Gasteiger partial charge >= 0.3 is 0 Å². The molecule has 2 amide bonds. The number of nitrogens with one attached hydrogen (secondary N) is 1. The number of amides is 2. The van der Waals surface area contributed by atoms with Gasteiger partial charge in [-0.05, 0) is 93.6 Å². The molecule has 0 aromatic heterocycles. The molecule has 4 nitrogen and oxygen atoms in total. The maximum atomic E-state index is 14.0. The molecule has 1 aromatic carbocycles. The van der Waals surface area contributed by atoms with Gasteiger partial charge in [-0.15, -0.1) is 0 Å². The smallest absolute Gasteiger partial charge is 0.256 e. The fourth-order valence-corrected chi connectivity index (χ4v) is 7.37. The molecular weight excluding hydrogens is 398 g/mol. The van der Waals surface area contributed by atoms with Crippen LogP contribution in [0.4, 0.5) is 8.78 Å². The zero-order valence-electron chi connectivity index (χ0n) is 18.2. The minimum atomic E-state index is -0.839. The average molecular weight is 431 g/mol. The van der Waals surface area contributed by atoms with Crippen LogP contribution < -0.4 is 5.32 Å². The van der Waals surface area contributed by atoms with Gasteiger partial charge in [0.2, 0.25) is 5.91 Å². The van der Waals surface area contributed by atoms with Gasteiger partial charge in [-0.2, -0.15) is 0 Å². The summed E-state index contributed by atoms with van der Waals surface area (Å²) in [5.41, 5.74) is 0.168. The molecule has 1 aromatic rings. The van der Waals surface area contributed by atoms with Crippen molar-refractivity contribution in [1.29, 1.82) is 0 Å². The van der Waals surface area contributed by atoms with Crippen LogP contribution in [0, 0.1) is 40.7 Å². The number of nitrogens with zero attached hydrogens (tertiary/aromatic N) is 1. The molecule has 168 valence electrons. The first-order valence-corrected chi connectivity index (χ1v) is 11.9. The van der Waals surface area contributed by atoms with Crippen molar-refractivity contribution in [1.82, 2.24) is 10.2 Å². The van der Waals surface area contributed by atoms with Gasteiger partial charge in [-0.3, -0.25) is 9.59 Å². The van der Waals surface area contributed by atoms with E-state index in [4.69, 9.17) is 0 Å². The van der Waals surface area contributed by atoms with Crippen molar-refractivity contribution >= 4 is 11.8 Å². The summed E-state index contributed by atoms with van der Waals surface area (Å²) in [4.78, 5) is 27.2. The highest BCUT2D eigenvalue weighted by molar-refractivity contribution is 5.94. The van der Waals surface area contributed by atoms with Crippen LogP contribution in [0.5, 0.6) is 0 Å². The molecule has 4 saturated carbocycles. The third-order valence-electron chi connectivity index (χ3n) is 8.68. The molecule has 4 aliphatic carbocycles. The summed E-state index contributed by atoms with van der Waals surface area (Å²) in [6.07, 6.45) is 9.11. The normalized spacial score (nSPS) is 33.4. The Hall–Kier alpha value is -1.98. The van der Waals surface area contributed by atoms with E-state index >= 15 is 0 Å². The van der Waals surface area contributed by atoms with Crippen LogP contribution in [0.15, 0.2) is 18.2 Å². The highest BCUT2D eigenvalue weighted by atomic mass is 19.1. The second-order valence-corrected chi connectivity index (χ2v) is 10.7. The van der Waals surface area contributed by atoms with E-state index in [1.165, 1.54) is 44.6 Å². The number of hydrogen-bond acceptors (Lipinski definition) is 2. The second-order valence-electron chi connectivity index (χ2n) is 10.7. The van der Waals surface area contributed by atoms with Crippen molar-refractivity contribution < 1.29 is 18.4 Å². The summed E-state index contributed by atoms with van der Waals surface area (Å²) >= 11 is 0. The van der Waals surface area contributed by atoms with Gasteiger partial charge in [-0.25, -0.2) is 8.78 Å². The Balaban J connectivity index is 1.16. The molecule has 1 N–H and O–H groups in total. The minimum absolute atomic E-state index is 0.100. The Labute approximate surface area is 182 Å². The maximum absolute atomic E-state index is 14.0. The van der Waals surface area contributed by atoms with Gasteiger partial charge in [0.25, 0.3) is 5.91 Å². The SMILES string of the molecule is C[C@@H](NC(=O)C1CCN(C(=O)c2ccc(F)cc2F)CC1)C12CC3CC(CC(C3)C1)C2. The van der Waals surface area contributed by atoms with Gasteiger partial charge < -0.3 is 10.2 Å². The van der Waals surface area contributed by atoms with Gasteiger partial charge in [-0.1, -0.05) is 0 Å². The molecule has 6 rings (SSSR count). The van der Waals surface area contributed by atoms with E-state index in [0.717, 1.165) is 29.9 Å². The van der Waals surface area contributed by atoms with E-state index < -0.39 is 17.5 Å². The van der Waals surface area contributed by atoms with Crippen LogP contribution in [0.1, 0.15) is 68.6 Å². The Bertz CT molecular complexity index is 843. The molecule has 1 atom stereocenters. The Morgan fingerprint density at radius 2 is 1.61 bits per heavy atom. The van der Waals surface area contributed by atoms with Crippen LogP contribution in [0.3, 0.4) is 0 Å². The molecule has 0 unspecified atom stereocenters. The summed E-state index contributed by atoms with van der Waals surface area (Å²) in [7, 11) is 0. The van der Waals surface area contributed by atoms with Crippen molar-refractivity contribution in [3.05, 3.63) is 35.4 Å². The fourth-order valence-electron chi connectivity index (χ4n) is 7.37. The van der Waals surface area contributed by atoms with Crippen molar-refractivity contribution in [3.8, 4) is 0 Å². The molecule has 6 heteroatoms. The third kappa shape index (κ3) is 3.87. The van der Waals surface area contributed by atoms with Crippen LogP contribution in [0.25, 0.3) is 0 Å².